The van der Waals surface area contributed by atoms with E-state index >= 15 is 0 Å². The van der Waals surface area contributed by atoms with Gasteiger partial charge in [-0.1, -0.05) is 18.5 Å². The molecule has 0 aliphatic carbocycles. The summed E-state index contributed by atoms with van der Waals surface area (Å²) in [7, 11) is 1.35. The van der Waals surface area contributed by atoms with Crippen molar-refractivity contribution in [3.05, 3.63) is 41.0 Å². The summed E-state index contributed by atoms with van der Waals surface area (Å²) in [5.74, 6) is 0.944. The molecule has 0 spiro atoms. The molecule has 1 aromatic heterocycles. The number of carbonyl (C=O) groups excluding carboxylic acids is 1. The van der Waals surface area contributed by atoms with Crippen LogP contribution < -0.4 is 10.2 Å². The first kappa shape index (κ1) is 18.5. The average Bonchev–Trinajstić information content (AvgIpc) is 2.69. The van der Waals surface area contributed by atoms with Crippen molar-refractivity contribution < 1.29 is 9.53 Å². The molecule has 1 aromatic carbocycles. The number of piperidine rings is 1. The summed E-state index contributed by atoms with van der Waals surface area (Å²) < 4.78 is 4.76. The summed E-state index contributed by atoms with van der Waals surface area (Å²) in [5, 5.41) is 3.60. The maximum Gasteiger partial charge on any atom is 0.337 e. The predicted octanol–water partition coefficient (Wildman–Crippen LogP) is 4.43. The van der Waals surface area contributed by atoms with Crippen LogP contribution in [0.5, 0.6) is 0 Å². The van der Waals surface area contributed by atoms with Gasteiger partial charge in [-0.25, -0.2) is 9.78 Å². The highest BCUT2D eigenvalue weighted by Crippen LogP contribution is 2.28. The molecule has 7 heteroatoms. The van der Waals surface area contributed by atoms with E-state index in [-0.39, 0.29) is 0 Å². The van der Waals surface area contributed by atoms with E-state index in [1.807, 2.05) is 6.07 Å². The number of hydrogen-bond donors (Lipinski definition) is 1. The highest BCUT2D eigenvalue weighted by Gasteiger charge is 2.22. The highest BCUT2D eigenvalue weighted by atomic mass is 35.5. The monoisotopic (exact) mass is 374 g/mol. The zero-order valence-corrected chi connectivity index (χ0v) is 15.8. The second-order valence-corrected chi connectivity index (χ2v) is 6.71. The molecule has 1 unspecified atom stereocenters. The Morgan fingerprint density at radius 2 is 2.23 bits per heavy atom. The van der Waals surface area contributed by atoms with Gasteiger partial charge in [-0.2, -0.15) is 4.98 Å². The van der Waals surface area contributed by atoms with E-state index in [2.05, 4.69) is 27.1 Å². The van der Waals surface area contributed by atoms with Crippen molar-refractivity contribution in [2.24, 2.45) is 0 Å². The Morgan fingerprint density at radius 1 is 1.38 bits per heavy atom. The third-order valence-corrected chi connectivity index (χ3v) is 5.00. The van der Waals surface area contributed by atoms with Gasteiger partial charge in [0.25, 0.3) is 0 Å². The summed E-state index contributed by atoms with van der Waals surface area (Å²) in [4.78, 5) is 23.0. The average molecular weight is 375 g/mol. The van der Waals surface area contributed by atoms with Gasteiger partial charge in [0.15, 0.2) is 0 Å². The molecule has 1 N–H and O–H groups in total. The van der Waals surface area contributed by atoms with E-state index in [4.69, 9.17) is 16.3 Å². The van der Waals surface area contributed by atoms with Gasteiger partial charge in [0.05, 0.1) is 23.4 Å². The zero-order valence-electron chi connectivity index (χ0n) is 15.0. The molecule has 1 saturated heterocycles. The van der Waals surface area contributed by atoms with Crippen LogP contribution >= 0.6 is 11.6 Å². The SMILES string of the molecule is CCC1CCCCN1c1ccnc(Nc2cc(C(=O)OC)ccc2Cl)n1. The molecule has 26 heavy (non-hydrogen) atoms. The smallest absolute Gasteiger partial charge is 0.337 e. The van der Waals surface area contributed by atoms with Gasteiger partial charge in [0.2, 0.25) is 5.95 Å². The number of aromatic nitrogens is 2. The molecule has 3 rings (SSSR count). The van der Waals surface area contributed by atoms with E-state index in [1.54, 1.807) is 24.4 Å². The first-order valence-corrected chi connectivity index (χ1v) is 9.24. The quantitative estimate of drug-likeness (QED) is 0.781. The zero-order chi connectivity index (χ0) is 18.5. The molecule has 138 valence electrons. The number of nitrogens with zero attached hydrogens (tertiary/aromatic N) is 3. The van der Waals surface area contributed by atoms with E-state index in [1.165, 1.54) is 26.4 Å². The topological polar surface area (TPSA) is 67.4 Å². The van der Waals surface area contributed by atoms with Gasteiger partial charge >= 0.3 is 5.97 Å². The summed E-state index contributed by atoms with van der Waals surface area (Å²) in [6.07, 6.45) is 6.47. The normalized spacial score (nSPS) is 17.0. The number of esters is 1. The second-order valence-electron chi connectivity index (χ2n) is 6.30. The number of rotatable bonds is 5. The van der Waals surface area contributed by atoms with Gasteiger partial charge in [0, 0.05) is 18.8 Å². The third kappa shape index (κ3) is 4.07. The van der Waals surface area contributed by atoms with Crippen LogP contribution in [0.1, 0.15) is 43.0 Å². The first-order valence-electron chi connectivity index (χ1n) is 8.87. The Balaban J connectivity index is 1.84. The van der Waals surface area contributed by atoms with Crippen molar-refractivity contribution in [2.45, 2.75) is 38.6 Å². The van der Waals surface area contributed by atoms with Crippen molar-refractivity contribution in [2.75, 3.05) is 23.9 Å². The van der Waals surface area contributed by atoms with Crippen molar-refractivity contribution in [1.82, 2.24) is 9.97 Å². The van der Waals surface area contributed by atoms with Crippen LogP contribution in [0.4, 0.5) is 17.5 Å². The van der Waals surface area contributed by atoms with Crippen LogP contribution in [-0.2, 0) is 4.74 Å². The molecule has 0 saturated carbocycles. The molecule has 6 nitrogen and oxygen atoms in total. The van der Waals surface area contributed by atoms with Gasteiger partial charge in [-0.15, -0.1) is 0 Å². The number of hydrogen-bond acceptors (Lipinski definition) is 6. The molecule has 1 aliphatic rings. The molecule has 0 bridgehead atoms. The summed E-state index contributed by atoms with van der Waals surface area (Å²) in [6.45, 7) is 3.22. The molecule has 1 fully saturated rings. The highest BCUT2D eigenvalue weighted by molar-refractivity contribution is 6.33. The minimum atomic E-state index is -0.418. The number of methoxy groups -OCH3 is 1. The molecular formula is C19H23ClN4O2. The van der Waals surface area contributed by atoms with Crippen LogP contribution in [0.15, 0.2) is 30.5 Å². The second kappa shape index (κ2) is 8.36. The first-order chi connectivity index (χ1) is 12.6. The Hall–Kier alpha value is -2.34. The lowest BCUT2D eigenvalue weighted by atomic mass is 10.0. The molecular weight excluding hydrogens is 352 g/mol. The molecule has 1 atom stereocenters. The maximum atomic E-state index is 11.7. The predicted molar refractivity (Wildman–Crippen MR) is 103 cm³/mol. The molecule has 2 heterocycles. The number of benzene rings is 1. The van der Waals surface area contributed by atoms with Crippen molar-refractivity contribution in [1.29, 1.82) is 0 Å². The lowest BCUT2D eigenvalue weighted by Gasteiger charge is -2.36. The van der Waals surface area contributed by atoms with Gasteiger partial charge in [-0.05, 0) is 49.9 Å². The fraction of sp³-hybridized carbons (Fsp3) is 0.421. The third-order valence-electron chi connectivity index (χ3n) is 4.67. The van der Waals surface area contributed by atoms with E-state index < -0.39 is 5.97 Å². The Morgan fingerprint density at radius 3 is 3.00 bits per heavy atom. The van der Waals surface area contributed by atoms with Crippen LogP contribution in [0.25, 0.3) is 0 Å². The summed E-state index contributed by atoms with van der Waals surface area (Å²) >= 11 is 6.25. The van der Waals surface area contributed by atoms with Crippen molar-refractivity contribution in [3.8, 4) is 0 Å². The number of anilines is 3. The van der Waals surface area contributed by atoms with Crippen LogP contribution in [0.3, 0.4) is 0 Å². The summed E-state index contributed by atoms with van der Waals surface area (Å²) in [6, 6.07) is 7.36. The van der Waals surface area contributed by atoms with E-state index in [0.717, 1.165) is 18.8 Å². The van der Waals surface area contributed by atoms with E-state index in [9.17, 15) is 4.79 Å². The molecule has 2 aromatic rings. The molecule has 1 aliphatic heterocycles. The standard InChI is InChI=1S/C19H23ClN4O2/c1-3-14-6-4-5-11-24(14)17-9-10-21-19(23-17)22-16-12-13(18(25)26-2)7-8-15(16)20/h7-10,12,14H,3-6,11H2,1-2H3,(H,21,22,23). The van der Waals surface area contributed by atoms with Crippen molar-refractivity contribution in [3.63, 3.8) is 0 Å². The Bertz CT molecular complexity index is 784. The Kier molecular flexibility index (Phi) is 5.93. The minimum absolute atomic E-state index is 0.414. The fourth-order valence-electron chi connectivity index (χ4n) is 3.28. The number of nitrogens with one attached hydrogen (secondary N) is 1. The summed E-state index contributed by atoms with van der Waals surface area (Å²) in [5.41, 5.74) is 0.982. The van der Waals surface area contributed by atoms with Gasteiger partial charge in [0.1, 0.15) is 5.82 Å². The largest absolute Gasteiger partial charge is 0.465 e. The van der Waals surface area contributed by atoms with E-state index in [0.29, 0.717) is 28.3 Å². The number of carbonyl (C=O) groups is 1. The fourth-order valence-corrected chi connectivity index (χ4v) is 3.45. The van der Waals surface area contributed by atoms with Crippen LogP contribution in [0, 0.1) is 0 Å². The molecule has 0 amide bonds. The van der Waals surface area contributed by atoms with Crippen LogP contribution in [-0.4, -0.2) is 35.6 Å². The van der Waals surface area contributed by atoms with Crippen LogP contribution in [0.2, 0.25) is 5.02 Å². The lowest BCUT2D eigenvalue weighted by Crippen LogP contribution is -2.39. The maximum absolute atomic E-state index is 11.7. The number of ether oxygens (including phenoxy) is 1. The molecule has 0 radical (unpaired) electrons. The van der Waals surface area contributed by atoms with Gasteiger partial charge in [-0.3, -0.25) is 0 Å². The Labute approximate surface area is 158 Å². The van der Waals surface area contributed by atoms with Gasteiger partial charge < -0.3 is 15.0 Å². The van der Waals surface area contributed by atoms with Crippen molar-refractivity contribution >= 4 is 35.0 Å². The minimum Gasteiger partial charge on any atom is -0.465 e. The number of halogens is 1. The lowest BCUT2D eigenvalue weighted by molar-refractivity contribution is 0.0601.